The van der Waals surface area contributed by atoms with Crippen molar-refractivity contribution in [1.29, 1.82) is 0 Å². The highest BCUT2D eigenvalue weighted by molar-refractivity contribution is 5.94. The molecule has 21 heavy (non-hydrogen) atoms. The van der Waals surface area contributed by atoms with E-state index in [1.54, 1.807) is 19.2 Å². The number of nitrogens with zero attached hydrogens (tertiary/aromatic N) is 3. The van der Waals surface area contributed by atoms with Gasteiger partial charge in [0, 0.05) is 25.0 Å². The Labute approximate surface area is 123 Å². The van der Waals surface area contributed by atoms with Crippen LogP contribution in [0.25, 0.3) is 0 Å². The predicted octanol–water partition coefficient (Wildman–Crippen LogP) is 2.40. The summed E-state index contributed by atoms with van der Waals surface area (Å²) in [6.45, 7) is 7.21. The molecule has 0 unspecified atom stereocenters. The zero-order valence-electron chi connectivity index (χ0n) is 12.6. The molecule has 0 saturated heterocycles. The minimum absolute atomic E-state index is 0.239. The monoisotopic (exact) mass is 288 g/mol. The standard InChI is InChI=1S/C15H20N4O2/c1-10-5-7-17-14(13(10)15(20)21)16-6-4-8-19-12(3)9-11(2)18-19/h5,7,9H,4,6,8H2,1-3H3,(H,16,17)(H,20,21). The first-order valence-corrected chi connectivity index (χ1v) is 6.93. The molecule has 2 aromatic heterocycles. The molecule has 0 aliphatic carbocycles. The lowest BCUT2D eigenvalue weighted by atomic mass is 10.1. The van der Waals surface area contributed by atoms with Gasteiger partial charge >= 0.3 is 5.97 Å². The van der Waals surface area contributed by atoms with Crippen LogP contribution in [0.15, 0.2) is 18.3 Å². The lowest BCUT2D eigenvalue weighted by Crippen LogP contribution is -2.13. The number of aryl methyl sites for hydroxylation is 4. The van der Waals surface area contributed by atoms with E-state index >= 15 is 0 Å². The van der Waals surface area contributed by atoms with Gasteiger partial charge in [0.2, 0.25) is 0 Å². The molecule has 112 valence electrons. The van der Waals surface area contributed by atoms with Crippen molar-refractivity contribution >= 4 is 11.8 Å². The number of pyridine rings is 1. The number of aromatic carboxylic acids is 1. The summed E-state index contributed by atoms with van der Waals surface area (Å²) in [4.78, 5) is 15.4. The normalized spacial score (nSPS) is 10.6. The lowest BCUT2D eigenvalue weighted by Gasteiger charge is -2.10. The molecule has 0 bridgehead atoms. The van der Waals surface area contributed by atoms with Crippen molar-refractivity contribution in [3.8, 4) is 0 Å². The summed E-state index contributed by atoms with van der Waals surface area (Å²) in [6, 6.07) is 3.74. The van der Waals surface area contributed by atoms with Gasteiger partial charge in [0.25, 0.3) is 0 Å². The van der Waals surface area contributed by atoms with Crippen LogP contribution in [-0.4, -0.2) is 32.4 Å². The number of hydrogen-bond donors (Lipinski definition) is 2. The van der Waals surface area contributed by atoms with Gasteiger partial charge in [0.05, 0.1) is 5.69 Å². The highest BCUT2D eigenvalue weighted by atomic mass is 16.4. The number of carbonyl (C=O) groups is 1. The summed E-state index contributed by atoms with van der Waals surface area (Å²) in [6.07, 6.45) is 2.46. The SMILES string of the molecule is Cc1cc(C)n(CCCNc2nccc(C)c2C(=O)O)n1. The number of nitrogens with one attached hydrogen (secondary N) is 1. The Morgan fingerprint density at radius 2 is 2.14 bits per heavy atom. The van der Waals surface area contributed by atoms with E-state index in [1.165, 1.54) is 0 Å². The van der Waals surface area contributed by atoms with Gasteiger partial charge in [0.15, 0.2) is 0 Å². The van der Waals surface area contributed by atoms with E-state index in [-0.39, 0.29) is 5.56 Å². The molecular formula is C15H20N4O2. The summed E-state index contributed by atoms with van der Waals surface area (Å²) >= 11 is 0. The molecule has 0 aliphatic heterocycles. The molecule has 0 saturated carbocycles. The number of hydrogen-bond acceptors (Lipinski definition) is 4. The van der Waals surface area contributed by atoms with Gasteiger partial charge in [-0.05, 0) is 44.9 Å². The average molecular weight is 288 g/mol. The first-order chi connectivity index (χ1) is 9.99. The maximum Gasteiger partial charge on any atom is 0.339 e. The number of aromatic nitrogens is 3. The average Bonchev–Trinajstić information content (AvgIpc) is 2.72. The van der Waals surface area contributed by atoms with Crippen molar-refractivity contribution in [3.63, 3.8) is 0 Å². The molecule has 2 heterocycles. The van der Waals surface area contributed by atoms with Crippen LogP contribution >= 0.6 is 0 Å². The van der Waals surface area contributed by atoms with E-state index in [9.17, 15) is 9.90 Å². The molecule has 6 heteroatoms. The third-order valence-corrected chi connectivity index (χ3v) is 3.32. The van der Waals surface area contributed by atoms with Crippen LogP contribution in [0.4, 0.5) is 5.82 Å². The Morgan fingerprint density at radius 3 is 2.76 bits per heavy atom. The molecule has 0 spiro atoms. The van der Waals surface area contributed by atoms with Gasteiger partial charge in [-0.25, -0.2) is 9.78 Å². The highest BCUT2D eigenvalue weighted by Gasteiger charge is 2.13. The fourth-order valence-corrected chi connectivity index (χ4v) is 2.30. The van der Waals surface area contributed by atoms with Gasteiger partial charge in [0.1, 0.15) is 11.4 Å². The van der Waals surface area contributed by atoms with Crippen LogP contribution in [-0.2, 0) is 6.54 Å². The van der Waals surface area contributed by atoms with E-state index < -0.39 is 5.97 Å². The van der Waals surface area contributed by atoms with Crippen molar-refractivity contribution in [3.05, 3.63) is 40.8 Å². The van der Waals surface area contributed by atoms with Crippen LogP contribution < -0.4 is 5.32 Å². The second-order valence-electron chi connectivity index (χ2n) is 5.09. The van der Waals surface area contributed by atoms with E-state index in [4.69, 9.17) is 0 Å². The van der Waals surface area contributed by atoms with Crippen molar-refractivity contribution in [1.82, 2.24) is 14.8 Å². The fourth-order valence-electron chi connectivity index (χ4n) is 2.30. The van der Waals surface area contributed by atoms with Crippen LogP contribution in [0.2, 0.25) is 0 Å². The van der Waals surface area contributed by atoms with Gasteiger partial charge in [-0.1, -0.05) is 0 Å². The Kier molecular flexibility index (Phi) is 4.57. The molecule has 6 nitrogen and oxygen atoms in total. The quantitative estimate of drug-likeness (QED) is 0.798. The van der Waals surface area contributed by atoms with Crippen molar-refractivity contribution in [2.45, 2.75) is 33.7 Å². The van der Waals surface area contributed by atoms with Crippen LogP contribution in [0.5, 0.6) is 0 Å². The van der Waals surface area contributed by atoms with Gasteiger partial charge < -0.3 is 10.4 Å². The number of rotatable bonds is 6. The number of carboxylic acids is 1. The zero-order valence-corrected chi connectivity index (χ0v) is 12.6. The van der Waals surface area contributed by atoms with E-state index in [0.29, 0.717) is 17.9 Å². The zero-order chi connectivity index (χ0) is 15.4. The van der Waals surface area contributed by atoms with E-state index in [1.807, 2.05) is 24.6 Å². The largest absolute Gasteiger partial charge is 0.478 e. The Morgan fingerprint density at radius 1 is 1.38 bits per heavy atom. The maximum absolute atomic E-state index is 11.3. The minimum atomic E-state index is -0.957. The summed E-state index contributed by atoms with van der Waals surface area (Å²) in [5.74, 6) is -0.530. The van der Waals surface area contributed by atoms with Crippen LogP contribution in [0.1, 0.15) is 33.7 Å². The smallest absolute Gasteiger partial charge is 0.339 e. The third kappa shape index (κ3) is 3.59. The van der Waals surface area contributed by atoms with E-state index in [0.717, 1.165) is 24.4 Å². The minimum Gasteiger partial charge on any atom is -0.478 e. The lowest BCUT2D eigenvalue weighted by molar-refractivity contribution is 0.0697. The summed E-state index contributed by atoms with van der Waals surface area (Å²) in [5, 5.41) is 16.7. The maximum atomic E-state index is 11.3. The van der Waals surface area contributed by atoms with Gasteiger partial charge in [-0.2, -0.15) is 5.10 Å². The van der Waals surface area contributed by atoms with Crippen LogP contribution in [0.3, 0.4) is 0 Å². The Balaban J connectivity index is 1.94. The first-order valence-electron chi connectivity index (χ1n) is 6.93. The second kappa shape index (κ2) is 6.39. The molecular weight excluding hydrogens is 268 g/mol. The molecule has 0 aliphatic rings. The van der Waals surface area contributed by atoms with Crippen molar-refractivity contribution in [2.75, 3.05) is 11.9 Å². The topological polar surface area (TPSA) is 80.0 Å². The number of carboxylic acid groups (broad SMARTS) is 1. The summed E-state index contributed by atoms with van der Waals surface area (Å²) in [7, 11) is 0. The molecule has 0 aromatic carbocycles. The fraction of sp³-hybridized carbons (Fsp3) is 0.400. The highest BCUT2D eigenvalue weighted by Crippen LogP contribution is 2.16. The molecule has 2 aromatic rings. The van der Waals surface area contributed by atoms with Crippen molar-refractivity contribution in [2.24, 2.45) is 0 Å². The summed E-state index contributed by atoms with van der Waals surface area (Å²) in [5.41, 5.74) is 3.09. The predicted molar refractivity (Wildman–Crippen MR) is 80.7 cm³/mol. The Hall–Kier alpha value is -2.37. The third-order valence-electron chi connectivity index (χ3n) is 3.32. The molecule has 0 radical (unpaired) electrons. The molecule has 0 amide bonds. The number of anilines is 1. The Bertz CT molecular complexity index is 649. The van der Waals surface area contributed by atoms with Gasteiger partial charge in [-0.3, -0.25) is 4.68 Å². The molecule has 2 N–H and O–H groups in total. The summed E-state index contributed by atoms with van der Waals surface area (Å²) < 4.78 is 1.96. The molecule has 0 atom stereocenters. The van der Waals surface area contributed by atoms with Crippen molar-refractivity contribution < 1.29 is 9.90 Å². The molecule has 2 rings (SSSR count). The van der Waals surface area contributed by atoms with E-state index in [2.05, 4.69) is 15.4 Å². The molecule has 0 fully saturated rings. The first kappa shape index (κ1) is 15.0. The van der Waals surface area contributed by atoms with Crippen LogP contribution in [0, 0.1) is 20.8 Å². The van der Waals surface area contributed by atoms with Gasteiger partial charge in [-0.15, -0.1) is 0 Å². The second-order valence-corrected chi connectivity index (χ2v) is 5.09.